The van der Waals surface area contributed by atoms with Gasteiger partial charge >= 0.3 is 12.1 Å². The van der Waals surface area contributed by atoms with Gasteiger partial charge in [-0.2, -0.15) is 27.1 Å². The summed E-state index contributed by atoms with van der Waals surface area (Å²) in [6, 6.07) is 0. The van der Waals surface area contributed by atoms with Gasteiger partial charge in [-0.25, -0.2) is 0 Å². The molecule has 0 spiro atoms. The second-order valence-electron chi connectivity index (χ2n) is 5.60. The Hall–Kier alpha value is -1.67. The Morgan fingerprint density at radius 1 is 1.43 bits per heavy atom. The average molecular weight is 340 g/mol. The Balaban J connectivity index is 2.40. The highest BCUT2D eigenvalue weighted by atomic mass is 19.4. The molecule has 0 bridgehead atoms. The maximum Gasteiger partial charge on any atom is 0.435 e. The molecular formula is C14H17F5N2O2. The number of carbonyl (C=O) groups is 1. The van der Waals surface area contributed by atoms with Crippen LogP contribution in [-0.2, 0) is 34.6 Å². The lowest BCUT2D eigenvalue weighted by Crippen LogP contribution is -2.28. The van der Waals surface area contributed by atoms with E-state index in [9.17, 15) is 26.7 Å². The van der Waals surface area contributed by atoms with Gasteiger partial charge in [0, 0.05) is 12.0 Å². The Morgan fingerprint density at radius 2 is 2.09 bits per heavy atom. The molecule has 4 nitrogen and oxygen atoms in total. The molecule has 1 aliphatic rings. The molecule has 1 aromatic rings. The number of fused-ring (bicyclic) bond motifs is 1. The second kappa shape index (κ2) is 6.09. The van der Waals surface area contributed by atoms with Crippen LogP contribution in [0.5, 0.6) is 0 Å². The number of hydrogen-bond acceptors (Lipinski definition) is 3. The summed E-state index contributed by atoms with van der Waals surface area (Å²) in [5.41, 5.74) is -2.69. The largest absolute Gasteiger partial charge is 0.461 e. The lowest BCUT2D eigenvalue weighted by molar-refractivity contribution is -0.150. The van der Waals surface area contributed by atoms with E-state index in [1.807, 2.05) is 0 Å². The van der Waals surface area contributed by atoms with Crippen molar-refractivity contribution < 1.29 is 31.5 Å². The van der Waals surface area contributed by atoms with Crippen molar-refractivity contribution in [2.24, 2.45) is 0 Å². The van der Waals surface area contributed by atoms with Gasteiger partial charge in [0.2, 0.25) is 0 Å². The van der Waals surface area contributed by atoms with Gasteiger partial charge in [0.25, 0.3) is 5.92 Å². The molecule has 0 saturated carbocycles. The van der Waals surface area contributed by atoms with Crippen molar-refractivity contribution in [3.8, 4) is 0 Å². The Bertz CT molecular complexity index is 595. The van der Waals surface area contributed by atoms with E-state index >= 15 is 0 Å². The minimum absolute atomic E-state index is 0.0634. The van der Waals surface area contributed by atoms with E-state index in [2.05, 4.69) is 5.10 Å². The van der Waals surface area contributed by atoms with E-state index in [4.69, 9.17) is 4.74 Å². The Kier molecular flexibility index (Phi) is 4.68. The number of halogens is 5. The van der Waals surface area contributed by atoms with Crippen LogP contribution in [0.3, 0.4) is 0 Å². The van der Waals surface area contributed by atoms with Crippen LogP contribution in [0.4, 0.5) is 22.0 Å². The van der Waals surface area contributed by atoms with Crippen LogP contribution in [-0.4, -0.2) is 21.9 Å². The standard InChI is InChI=1S/C14H17F5N2O2/c1-3-8(2)23-10(22)7-21-12-9(5-4-6-13(12,15)16)11(20-21)14(17,18)19/h8H,3-7H2,1-2H3. The molecule has 1 aliphatic carbocycles. The summed E-state index contributed by atoms with van der Waals surface area (Å²) in [5, 5.41) is 3.24. The van der Waals surface area contributed by atoms with Gasteiger partial charge in [0.05, 0.1) is 6.10 Å². The summed E-state index contributed by atoms with van der Waals surface area (Å²) in [6.45, 7) is 2.59. The fourth-order valence-corrected chi connectivity index (χ4v) is 2.56. The summed E-state index contributed by atoms with van der Waals surface area (Å²) in [5.74, 6) is -4.33. The molecule has 0 fully saturated rings. The lowest BCUT2D eigenvalue weighted by atomic mass is 9.92. The molecular weight excluding hydrogens is 323 g/mol. The van der Waals surface area contributed by atoms with E-state index in [1.165, 1.54) is 0 Å². The predicted octanol–water partition coefficient (Wildman–Crippen LogP) is 3.67. The molecule has 0 radical (unpaired) electrons. The molecule has 0 aliphatic heterocycles. The number of alkyl halides is 5. The lowest BCUT2D eigenvalue weighted by Gasteiger charge is -2.24. The van der Waals surface area contributed by atoms with E-state index < -0.39 is 54.1 Å². The highest BCUT2D eigenvalue weighted by molar-refractivity contribution is 5.69. The van der Waals surface area contributed by atoms with E-state index in [-0.39, 0.29) is 12.8 Å². The SMILES string of the molecule is CCC(C)OC(=O)Cn1nc(C(F)(F)F)c2c1C(F)(F)CCC2. The van der Waals surface area contributed by atoms with Gasteiger partial charge in [-0.1, -0.05) is 6.92 Å². The van der Waals surface area contributed by atoms with E-state index in [0.717, 1.165) is 0 Å². The van der Waals surface area contributed by atoms with E-state index in [1.54, 1.807) is 13.8 Å². The zero-order valence-electron chi connectivity index (χ0n) is 12.7. The normalized spacial score (nSPS) is 18.4. The zero-order chi connectivity index (χ0) is 17.4. The van der Waals surface area contributed by atoms with Gasteiger partial charge in [0.1, 0.15) is 12.2 Å². The third-order valence-corrected chi connectivity index (χ3v) is 3.77. The first-order valence-corrected chi connectivity index (χ1v) is 7.31. The van der Waals surface area contributed by atoms with Gasteiger partial charge in [-0.15, -0.1) is 0 Å². The first-order valence-electron chi connectivity index (χ1n) is 7.31. The summed E-state index contributed by atoms with van der Waals surface area (Å²) in [7, 11) is 0. The van der Waals surface area contributed by atoms with Crippen LogP contribution < -0.4 is 0 Å². The van der Waals surface area contributed by atoms with Gasteiger partial charge in [0.15, 0.2) is 5.69 Å². The highest BCUT2D eigenvalue weighted by Gasteiger charge is 2.48. The van der Waals surface area contributed by atoms with Crippen molar-refractivity contribution in [2.75, 3.05) is 0 Å². The fraction of sp³-hybridized carbons (Fsp3) is 0.714. The minimum atomic E-state index is -4.84. The highest BCUT2D eigenvalue weighted by Crippen LogP contribution is 2.44. The molecule has 1 aromatic heterocycles. The molecule has 0 saturated heterocycles. The van der Waals surface area contributed by atoms with E-state index in [0.29, 0.717) is 11.1 Å². The first kappa shape index (κ1) is 17.7. The third kappa shape index (κ3) is 3.64. The third-order valence-electron chi connectivity index (χ3n) is 3.77. The molecule has 1 unspecified atom stereocenters. The monoisotopic (exact) mass is 340 g/mol. The van der Waals surface area contributed by atoms with Crippen LogP contribution in [0.15, 0.2) is 0 Å². The van der Waals surface area contributed by atoms with Gasteiger partial charge < -0.3 is 4.74 Å². The van der Waals surface area contributed by atoms with Crippen molar-refractivity contribution in [1.82, 2.24) is 9.78 Å². The molecule has 2 rings (SSSR count). The topological polar surface area (TPSA) is 44.1 Å². The number of nitrogens with zero attached hydrogens (tertiary/aromatic N) is 2. The summed E-state index contributed by atoms with van der Waals surface area (Å²) >= 11 is 0. The zero-order valence-corrected chi connectivity index (χ0v) is 12.7. The number of rotatable bonds is 4. The average Bonchev–Trinajstić information content (AvgIpc) is 2.78. The maximum atomic E-state index is 14.1. The van der Waals surface area contributed by atoms with Crippen LogP contribution in [0.2, 0.25) is 0 Å². The maximum absolute atomic E-state index is 14.1. The second-order valence-corrected chi connectivity index (χ2v) is 5.60. The molecule has 0 aromatic carbocycles. The number of ether oxygens (including phenoxy) is 1. The smallest absolute Gasteiger partial charge is 0.435 e. The van der Waals surface area contributed by atoms with Crippen molar-refractivity contribution in [3.63, 3.8) is 0 Å². The van der Waals surface area contributed by atoms with Gasteiger partial charge in [-0.05, 0) is 26.2 Å². The summed E-state index contributed by atoms with van der Waals surface area (Å²) < 4.78 is 72.5. The van der Waals surface area contributed by atoms with Crippen molar-refractivity contribution in [2.45, 2.75) is 64.3 Å². The van der Waals surface area contributed by atoms with Crippen LogP contribution in [0.25, 0.3) is 0 Å². The fourth-order valence-electron chi connectivity index (χ4n) is 2.56. The molecule has 0 N–H and O–H groups in total. The Morgan fingerprint density at radius 3 is 2.65 bits per heavy atom. The van der Waals surface area contributed by atoms with Crippen molar-refractivity contribution >= 4 is 5.97 Å². The number of aromatic nitrogens is 2. The number of hydrogen-bond donors (Lipinski definition) is 0. The molecule has 23 heavy (non-hydrogen) atoms. The van der Waals surface area contributed by atoms with Crippen molar-refractivity contribution in [3.05, 3.63) is 17.0 Å². The Labute approximate surface area is 129 Å². The molecule has 1 atom stereocenters. The van der Waals surface area contributed by atoms with Crippen LogP contribution in [0.1, 0.15) is 50.1 Å². The molecule has 130 valence electrons. The number of esters is 1. The van der Waals surface area contributed by atoms with Crippen LogP contribution >= 0.6 is 0 Å². The molecule has 0 amide bonds. The summed E-state index contributed by atoms with van der Waals surface area (Å²) in [4.78, 5) is 11.7. The first-order chi connectivity index (χ1) is 10.6. The van der Waals surface area contributed by atoms with Crippen LogP contribution in [0, 0.1) is 0 Å². The number of carbonyl (C=O) groups excluding carboxylic acids is 1. The minimum Gasteiger partial charge on any atom is -0.461 e. The quantitative estimate of drug-likeness (QED) is 0.620. The summed E-state index contributed by atoms with van der Waals surface area (Å²) in [6.07, 6.45) is -5.55. The molecule has 1 heterocycles. The van der Waals surface area contributed by atoms with Gasteiger partial charge in [-0.3, -0.25) is 9.48 Å². The predicted molar refractivity (Wildman–Crippen MR) is 69.9 cm³/mol. The molecule has 9 heteroatoms. The van der Waals surface area contributed by atoms with Crippen molar-refractivity contribution in [1.29, 1.82) is 0 Å².